The van der Waals surface area contributed by atoms with E-state index in [0.29, 0.717) is 11.8 Å². The summed E-state index contributed by atoms with van der Waals surface area (Å²) < 4.78 is 0. The van der Waals surface area contributed by atoms with Crippen LogP contribution in [-0.4, -0.2) is 5.78 Å². The van der Waals surface area contributed by atoms with E-state index in [0.717, 1.165) is 53.1 Å². The molecule has 0 aliphatic heterocycles. The average molecular weight is 411 g/mol. The van der Waals surface area contributed by atoms with E-state index in [2.05, 4.69) is 0 Å². The second-order valence-electron chi connectivity index (χ2n) is 12.7. The fraction of sp³-hybridized carbons (Fsp3) is 0.966. The first-order valence-corrected chi connectivity index (χ1v) is 14.3. The van der Waals surface area contributed by atoms with Crippen LogP contribution in [0.3, 0.4) is 0 Å². The molecule has 0 N–H and O–H groups in total. The Balaban J connectivity index is 1.19. The third-order valence-electron chi connectivity index (χ3n) is 11.7. The summed E-state index contributed by atoms with van der Waals surface area (Å²) in [6.07, 6.45) is 25.7. The van der Waals surface area contributed by atoms with Crippen molar-refractivity contribution in [1.82, 2.24) is 0 Å². The van der Waals surface area contributed by atoms with Crippen molar-refractivity contribution in [3.63, 3.8) is 0 Å². The molecule has 0 heterocycles. The van der Waals surface area contributed by atoms with E-state index in [4.69, 9.17) is 0 Å². The number of carbonyl (C=O) groups excluding carboxylic acids is 1. The average Bonchev–Trinajstić information content (AvgIpc) is 2.82. The second kappa shape index (κ2) is 8.55. The van der Waals surface area contributed by atoms with Crippen LogP contribution >= 0.6 is 0 Å². The summed E-state index contributed by atoms with van der Waals surface area (Å²) in [6.45, 7) is 0. The SMILES string of the molecule is O=C(C1CCCC2C3CCCCC3CCC12)C1CCCC2C3CCCCC3CCC12. The Morgan fingerprint density at radius 1 is 0.367 bits per heavy atom. The van der Waals surface area contributed by atoms with Gasteiger partial charge in [0.1, 0.15) is 5.78 Å². The highest BCUT2D eigenvalue weighted by molar-refractivity contribution is 5.84. The lowest BCUT2D eigenvalue weighted by atomic mass is 9.51. The molecule has 1 heteroatoms. The molecule has 0 amide bonds. The van der Waals surface area contributed by atoms with Crippen molar-refractivity contribution in [2.45, 2.75) is 116 Å². The molecule has 0 aromatic heterocycles. The molecule has 0 aromatic carbocycles. The summed E-state index contributed by atoms with van der Waals surface area (Å²) in [5, 5.41) is 0. The van der Waals surface area contributed by atoms with Crippen LogP contribution in [0, 0.1) is 59.2 Å². The van der Waals surface area contributed by atoms with Crippen LogP contribution < -0.4 is 0 Å². The maximum absolute atomic E-state index is 14.2. The summed E-state index contributed by atoms with van der Waals surface area (Å²) in [5.41, 5.74) is 0. The molecule has 0 spiro atoms. The summed E-state index contributed by atoms with van der Waals surface area (Å²) in [4.78, 5) is 14.2. The number of rotatable bonds is 2. The second-order valence-corrected chi connectivity index (χ2v) is 12.7. The summed E-state index contributed by atoms with van der Waals surface area (Å²) in [5.74, 6) is 9.12. The van der Waals surface area contributed by atoms with Crippen molar-refractivity contribution in [3.8, 4) is 0 Å². The van der Waals surface area contributed by atoms with E-state index in [1.165, 1.54) is 116 Å². The molecule has 6 saturated carbocycles. The lowest BCUT2D eigenvalue weighted by Gasteiger charge is -2.53. The zero-order valence-corrected chi connectivity index (χ0v) is 19.4. The van der Waals surface area contributed by atoms with Gasteiger partial charge in [0.2, 0.25) is 0 Å². The Morgan fingerprint density at radius 3 is 1.30 bits per heavy atom. The molecule has 30 heavy (non-hydrogen) atoms. The molecular formula is C29H46O. The Bertz CT molecular complexity index is 572. The maximum Gasteiger partial charge on any atom is 0.139 e. The Hall–Kier alpha value is -0.330. The van der Waals surface area contributed by atoms with Gasteiger partial charge in [0.25, 0.3) is 0 Å². The molecule has 6 fully saturated rings. The molecule has 6 aliphatic rings. The predicted molar refractivity (Wildman–Crippen MR) is 123 cm³/mol. The first kappa shape index (κ1) is 20.3. The van der Waals surface area contributed by atoms with Gasteiger partial charge in [0, 0.05) is 11.8 Å². The van der Waals surface area contributed by atoms with E-state index >= 15 is 0 Å². The lowest BCUT2D eigenvalue weighted by molar-refractivity contribution is -0.140. The van der Waals surface area contributed by atoms with Gasteiger partial charge in [-0.05, 0) is 112 Å². The van der Waals surface area contributed by atoms with Crippen LogP contribution in [0.2, 0.25) is 0 Å². The fourth-order valence-electron chi connectivity index (χ4n) is 10.6. The molecular weight excluding hydrogens is 364 g/mol. The van der Waals surface area contributed by atoms with Crippen LogP contribution in [0.5, 0.6) is 0 Å². The molecule has 168 valence electrons. The smallest absolute Gasteiger partial charge is 0.139 e. The molecule has 0 bridgehead atoms. The van der Waals surface area contributed by atoms with Crippen molar-refractivity contribution in [1.29, 1.82) is 0 Å². The highest BCUT2D eigenvalue weighted by atomic mass is 16.1. The van der Waals surface area contributed by atoms with E-state index in [9.17, 15) is 4.79 Å². The van der Waals surface area contributed by atoms with E-state index in [-0.39, 0.29) is 0 Å². The summed E-state index contributed by atoms with van der Waals surface area (Å²) in [6, 6.07) is 0. The number of ketones is 1. The molecule has 0 aromatic rings. The normalized spacial score (nSPS) is 51.1. The number of carbonyl (C=O) groups is 1. The van der Waals surface area contributed by atoms with Crippen LogP contribution in [0.4, 0.5) is 0 Å². The predicted octanol–water partition coefficient (Wildman–Crippen LogP) is 7.82. The Labute approximate surface area is 185 Å². The standard InChI is InChI=1S/C29H46O/c30-29(27-13-5-11-23-21-9-3-1-7-19(21)15-17-25(23)27)28-14-6-12-24-22-10-4-2-8-20(22)16-18-26(24)28/h19-28H,1-18H2. The van der Waals surface area contributed by atoms with Gasteiger partial charge in [-0.2, -0.15) is 0 Å². The maximum atomic E-state index is 14.2. The van der Waals surface area contributed by atoms with Crippen LogP contribution in [0.25, 0.3) is 0 Å². The van der Waals surface area contributed by atoms with Gasteiger partial charge in [-0.1, -0.05) is 51.4 Å². The highest BCUT2D eigenvalue weighted by Crippen LogP contribution is 2.57. The van der Waals surface area contributed by atoms with Crippen molar-refractivity contribution >= 4 is 5.78 Å². The van der Waals surface area contributed by atoms with Crippen molar-refractivity contribution < 1.29 is 4.79 Å². The van der Waals surface area contributed by atoms with Crippen molar-refractivity contribution in [3.05, 3.63) is 0 Å². The van der Waals surface area contributed by atoms with Gasteiger partial charge in [0.05, 0.1) is 0 Å². The van der Waals surface area contributed by atoms with E-state index in [1.807, 2.05) is 0 Å². The molecule has 1 nitrogen and oxygen atoms in total. The van der Waals surface area contributed by atoms with Gasteiger partial charge < -0.3 is 0 Å². The third-order valence-corrected chi connectivity index (χ3v) is 11.7. The highest BCUT2D eigenvalue weighted by Gasteiger charge is 2.51. The van der Waals surface area contributed by atoms with Crippen molar-refractivity contribution in [2.75, 3.05) is 0 Å². The molecule has 10 atom stereocenters. The third kappa shape index (κ3) is 3.44. The van der Waals surface area contributed by atoms with Gasteiger partial charge >= 0.3 is 0 Å². The van der Waals surface area contributed by atoms with Gasteiger partial charge in [-0.25, -0.2) is 0 Å². The minimum absolute atomic E-state index is 0.458. The number of fused-ring (bicyclic) bond motifs is 6. The molecule has 0 radical (unpaired) electrons. The number of Topliss-reactive ketones (excluding diaryl/α,β-unsaturated/α-hetero) is 1. The molecule has 6 rings (SSSR count). The van der Waals surface area contributed by atoms with Gasteiger partial charge in [-0.15, -0.1) is 0 Å². The topological polar surface area (TPSA) is 17.1 Å². The van der Waals surface area contributed by atoms with Gasteiger partial charge in [-0.3, -0.25) is 4.79 Å². The first-order valence-electron chi connectivity index (χ1n) is 14.3. The quantitative estimate of drug-likeness (QED) is 0.453. The Morgan fingerprint density at radius 2 is 0.800 bits per heavy atom. The summed E-state index contributed by atoms with van der Waals surface area (Å²) in [7, 11) is 0. The largest absolute Gasteiger partial charge is 0.299 e. The first-order chi connectivity index (χ1) is 14.8. The van der Waals surface area contributed by atoms with E-state index < -0.39 is 0 Å². The van der Waals surface area contributed by atoms with Crippen molar-refractivity contribution in [2.24, 2.45) is 59.2 Å². The summed E-state index contributed by atoms with van der Waals surface area (Å²) >= 11 is 0. The molecule has 0 saturated heterocycles. The number of hydrogen-bond acceptors (Lipinski definition) is 1. The minimum Gasteiger partial charge on any atom is -0.299 e. The monoisotopic (exact) mass is 410 g/mol. The van der Waals surface area contributed by atoms with Crippen LogP contribution in [0.15, 0.2) is 0 Å². The van der Waals surface area contributed by atoms with Crippen LogP contribution in [0.1, 0.15) is 116 Å². The Kier molecular flexibility index (Phi) is 5.78. The number of hydrogen-bond donors (Lipinski definition) is 0. The van der Waals surface area contributed by atoms with Crippen LogP contribution in [-0.2, 0) is 4.79 Å². The molecule has 10 unspecified atom stereocenters. The van der Waals surface area contributed by atoms with E-state index in [1.54, 1.807) is 0 Å². The lowest BCUT2D eigenvalue weighted by Crippen LogP contribution is -2.49. The van der Waals surface area contributed by atoms with Gasteiger partial charge in [0.15, 0.2) is 0 Å². The fourth-order valence-corrected chi connectivity index (χ4v) is 10.6. The molecule has 6 aliphatic carbocycles. The minimum atomic E-state index is 0.458. The zero-order valence-electron chi connectivity index (χ0n) is 19.4. The zero-order chi connectivity index (χ0) is 20.1.